The molecule has 0 aliphatic rings. The molecular formula is C35H31NO. The molecule has 0 unspecified atom stereocenters. The van der Waals surface area contributed by atoms with Crippen LogP contribution >= 0.6 is 0 Å². The van der Waals surface area contributed by atoms with E-state index in [0.717, 1.165) is 44.3 Å². The highest BCUT2D eigenvalue weighted by Crippen LogP contribution is 2.42. The predicted molar refractivity (Wildman–Crippen MR) is 156 cm³/mol. The fourth-order valence-corrected chi connectivity index (χ4v) is 5.20. The normalized spacial score (nSPS) is 11.9. The Morgan fingerprint density at radius 1 is 0.649 bits per heavy atom. The standard InChI is InChI=1S/C35H31NO/c1-22-20-30-29-13-9-12-28(26-16-14-25(15-17-26)24-10-7-6-8-11-24)33(29)37-34(30)32(23(22)2)31-21-27(18-19-36-31)35(3,4)5/h6-21H,1-5H3. The Morgan fingerprint density at radius 3 is 2.08 bits per heavy atom. The number of aryl methyl sites for hydroxylation is 1. The van der Waals surface area contributed by atoms with Gasteiger partial charge in [0.15, 0.2) is 0 Å². The lowest BCUT2D eigenvalue weighted by atomic mass is 9.86. The molecule has 2 nitrogen and oxygen atoms in total. The van der Waals surface area contributed by atoms with Crippen LogP contribution in [-0.4, -0.2) is 4.98 Å². The Balaban J connectivity index is 1.55. The lowest BCUT2D eigenvalue weighted by molar-refractivity contribution is 0.589. The molecule has 6 rings (SSSR count). The summed E-state index contributed by atoms with van der Waals surface area (Å²) in [6, 6.07) is 32.3. The monoisotopic (exact) mass is 481 g/mol. The first kappa shape index (κ1) is 23.2. The van der Waals surface area contributed by atoms with E-state index in [-0.39, 0.29) is 5.41 Å². The molecule has 2 heteroatoms. The summed E-state index contributed by atoms with van der Waals surface area (Å²) >= 11 is 0. The summed E-state index contributed by atoms with van der Waals surface area (Å²) in [5.41, 5.74) is 12.3. The van der Waals surface area contributed by atoms with Crippen molar-refractivity contribution in [3.63, 3.8) is 0 Å². The van der Waals surface area contributed by atoms with Crippen LogP contribution in [0.4, 0.5) is 0 Å². The Kier molecular flexibility index (Phi) is 5.49. The van der Waals surface area contributed by atoms with Crippen molar-refractivity contribution in [2.45, 2.75) is 40.0 Å². The Morgan fingerprint density at radius 2 is 1.35 bits per heavy atom. The molecule has 0 saturated carbocycles. The van der Waals surface area contributed by atoms with Gasteiger partial charge in [-0.3, -0.25) is 4.98 Å². The van der Waals surface area contributed by atoms with Crippen LogP contribution in [0.15, 0.2) is 102 Å². The number of para-hydroxylation sites is 1. The van der Waals surface area contributed by atoms with Crippen molar-refractivity contribution in [1.29, 1.82) is 0 Å². The molecular weight excluding hydrogens is 450 g/mol. The summed E-state index contributed by atoms with van der Waals surface area (Å²) in [4.78, 5) is 4.80. The molecule has 0 atom stereocenters. The highest BCUT2D eigenvalue weighted by atomic mass is 16.3. The predicted octanol–water partition coefficient (Wildman–Crippen LogP) is 9.90. The van der Waals surface area contributed by atoms with Gasteiger partial charge in [0.2, 0.25) is 0 Å². The Bertz CT molecular complexity index is 1750. The molecule has 2 aromatic heterocycles. The molecule has 0 amide bonds. The largest absolute Gasteiger partial charge is 0.455 e. The zero-order valence-corrected chi connectivity index (χ0v) is 22.1. The Hall–Kier alpha value is -4.17. The van der Waals surface area contributed by atoms with E-state index >= 15 is 0 Å². The minimum atomic E-state index is 0.0431. The van der Waals surface area contributed by atoms with Gasteiger partial charge in [0.1, 0.15) is 11.2 Å². The number of furan rings is 1. The molecule has 0 radical (unpaired) electrons. The van der Waals surface area contributed by atoms with Crippen molar-refractivity contribution >= 4 is 21.9 Å². The topological polar surface area (TPSA) is 26.0 Å². The number of rotatable bonds is 3. The van der Waals surface area contributed by atoms with Crippen molar-refractivity contribution in [2.24, 2.45) is 0 Å². The first-order chi connectivity index (χ1) is 17.8. The van der Waals surface area contributed by atoms with Gasteiger partial charge in [-0.1, -0.05) is 93.6 Å². The van der Waals surface area contributed by atoms with E-state index in [2.05, 4.69) is 120 Å². The van der Waals surface area contributed by atoms with E-state index < -0.39 is 0 Å². The minimum Gasteiger partial charge on any atom is -0.455 e. The fourth-order valence-electron chi connectivity index (χ4n) is 5.20. The molecule has 0 fully saturated rings. The summed E-state index contributed by atoms with van der Waals surface area (Å²) in [5.74, 6) is 0. The first-order valence-corrected chi connectivity index (χ1v) is 12.9. The number of hydrogen-bond acceptors (Lipinski definition) is 2. The third-order valence-corrected chi connectivity index (χ3v) is 7.49. The summed E-state index contributed by atoms with van der Waals surface area (Å²) in [6.45, 7) is 11.1. The second-order valence-electron chi connectivity index (χ2n) is 11.0. The molecule has 0 saturated heterocycles. The van der Waals surface area contributed by atoms with Gasteiger partial charge < -0.3 is 4.42 Å². The van der Waals surface area contributed by atoms with E-state index in [1.54, 1.807) is 0 Å². The number of benzene rings is 4. The number of hydrogen-bond donors (Lipinski definition) is 0. The van der Waals surface area contributed by atoms with Crippen LogP contribution in [-0.2, 0) is 5.41 Å². The second-order valence-corrected chi connectivity index (χ2v) is 11.0. The Labute approximate surface area is 218 Å². The van der Waals surface area contributed by atoms with Crippen LogP contribution in [0, 0.1) is 13.8 Å². The van der Waals surface area contributed by atoms with Crippen LogP contribution in [0.1, 0.15) is 37.5 Å². The third kappa shape index (κ3) is 4.03. The van der Waals surface area contributed by atoms with Gasteiger partial charge in [-0.25, -0.2) is 0 Å². The van der Waals surface area contributed by atoms with Gasteiger partial charge >= 0.3 is 0 Å². The lowest BCUT2D eigenvalue weighted by Gasteiger charge is -2.20. The van der Waals surface area contributed by atoms with Crippen molar-refractivity contribution in [3.05, 3.63) is 114 Å². The van der Waals surface area contributed by atoms with E-state index in [1.165, 1.54) is 27.8 Å². The van der Waals surface area contributed by atoms with E-state index in [1.807, 2.05) is 12.3 Å². The summed E-state index contributed by atoms with van der Waals surface area (Å²) in [6.07, 6.45) is 1.92. The van der Waals surface area contributed by atoms with Gasteiger partial charge in [-0.15, -0.1) is 0 Å². The molecule has 37 heavy (non-hydrogen) atoms. The molecule has 0 aliphatic heterocycles. The van der Waals surface area contributed by atoms with Crippen LogP contribution in [0.5, 0.6) is 0 Å². The number of pyridine rings is 1. The number of fused-ring (bicyclic) bond motifs is 3. The SMILES string of the molecule is Cc1cc2c(oc3c(-c4ccc(-c5ccccc5)cc4)cccc32)c(-c2cc(C(C)(C)C)ccn2)c1C. The summed E-state index contributed by atoms with van der Waals surface area (Å²) < 4.78 is 6.76. The number of nitrogens with zero attached hydrogens (tertiary/aromatic N) is 1. The molecule has 2 heterocycles. The molecule has 0 spiro atoms. The minimum absolute atomic E-state index is 0.0431. The van der Waals surface area contributed by atoms with Crippen LogP contribution in [0.2, 0.25) is 0 Å². The number of aromatic nitrogens is 1. The first-order valence-electron chi connectivity index (χ1n) is 12.9. The molecule has 0 aliphatic carbocycles. The van der Waals surface area contributed by atoms with Crippen molar-refractivity contribution < 1.29 is 4.42 Å². The maximum Gasteiger partial charge on any atom is 0.145 e. The van der Waals surface area contributed by atoms with E-state index in [9.17, 15) is 0 Å². The zero-order chi connectivity index (χ0) is 25.7. The van der Waals surface area contributed by atoms with Crippen LogP contribution in [0.3, 0.4) is 0 Å². The molecule has 6 aromatic rings. The molecule has 182 valence electrons. The van der Waals surface area contributed by atoms with Crippen LogP contribution < -0.4 is 0 Å². The highest BCUT2D eigenvalue weighted by molar-refractivity contribution is 6.13. The van der Waals surface area contributed by atoms with E-state index in [4.69, 9.17) is 9.40 Å². The van der Waals surface area contributed by atoms with Crippen molar-refractivity contribution in [1.82, 2.24) is 4.98 Å². The second kappa shape index (κ2) is 8.74. The van der Waals surface area contributed by atoms with Gasteiger partial charge in [0, 0.05) is 28.1 Å². The maximum atomic E-state index is 6.76. The average molecular weight is 482 g/mol. The summed E-state index contributed by atoms with van der Waals surface area (Å²) in [5, 5.41) is 2.27. The zero-order valence-electron chi connectivity index (χ0n) is 22.1. The van der Waals surface area contributed by atoms with Crippen molar-refractivity contribution in [3.8, 4) is 33.5 Å². The fraction of sp³-hybridized carbons (Fsp3) is 0.171. The lowest BCUT2D eigenvalue weighted by Crippen LogP contribution is -2.11. The highest BCUT2D eigenvalue weighted by Gasteiger charge is 2.21. The smallest absolute Gasteiger partial charge is 0.145 e. The van der Waals surface area contributed by atoms with Crippen molar-refractivity contribution in [2.75, 3.05) is 0 Å². The van der Waals surface area contributed by atoms with Gasteiger partial charge in [0.05, 0.1) is 5.69 Å². The average Bonchev–Trinajstić information content (AvgIpc) is 3.27. The third-order valence-electron chi connectivity index (χ3n) is 7.49. The van der Waals surface area contributed by atoms with Gasteiger partial charge in [0.25, 0.3) is 0 Å². The molecule has 0 bridgehead atoms. The molecule has 0 N–H and O–H groups in total. The van der Waals surface area contributed by atoms with Gasteiger partial charge in [-0.2, -0.15) is 0 Å². The maximum absolute atomic E-state index is 6.76. The molecule has 4 aromatic carbocycles. The quantitative estimate of drug-likeness (QED) is 0.251. The van der Waals surface area contributed by atoms with Gasteiger partial charge in [-0.05, 0) is 70.8 Å². The summed E-state index contributed by atoms with van der Waals surface area (Å²) in [7, 11) is 0. The van der Waals surface area contributed by atoms with Crippen LogP contribution in [0.25, 0.3) is 55.4 Å². The van der Waals surface area contributed by atoms with E-state index in [0.29, 0.717) is 0 Å².